The Morgan fingerprint density at radius 2 is 1.88 bits per heavy atom. The minimum Gasteiger partial charge on any atom is -0.393 e. The molecule has 4 aliphatic rings. The first-order chi connectivity index (χ1) is 15.2. The molecule has 0 heterocycles. The number of unbranched alkanes of at least 4 members (excludes halogenated alkanes) is 1. The van der Waals surface area contributed by atoms with Crippen LogP contribution < -0.4 is 0 Å². The van der Waals surface area contributed by atoms with Gasteiger partial charge in [0.25, 0.3) is 0 Å². The van der Waals surface area contributed by atoms with Crippen LogP contribution in [0.4, 0.5) is 0 Å². The summed E-state index contributed by atoms with van der Waals surface area (Å²) < 4.78 is 0. The van der Waals surface area contributed by atoms with E-state index in [9.17, 15) is 5.11 Å². The van der Waals surface area contributed by atoms with Crippen molar-refractivity contribution in [3.05, 3.63) is 22.8 Å². The highest BCUT2D eigenvalue weighted by Crippen LogP contribution is 2.66. The van der Waals surface area contributed by atoms with Gasteiger partial charge in [-0.3, -0.25) is 0 Å². The van der Waals surface area contributed by atoms with Crippen LogP contribution in [0.5, 0.6) is 0 Å². The summed E-state index contributed by atoms with van der Waals surface area (Å²) in [5, 5.41) is 10.9. The molecule has 0 aromatic carbocycles. The molecule has 0 bridgehead atoms. The molecule has 0 amide bonds. The van der Waals surface area contributed by atoms with Gasteiger partial charge in [-0.1, -0.05) is 63.3 Å². The fourth-order valence-electron chi connectivity index (χ4n) is 9.35. The summed E-state index contributed by atoms with van der Waals surface area (Å²) in [5.74, 6) is 3.87. The molecular weight excluding hydrogens is 388 g/mol. The molecule has 2 unspecified atom stereocenters. The Morgan fingerprint density at radius 3 is 2.59 bits per heavy atom. The van der Waals surface area contributed by atoms with E-state index in [0.29, 0.717) is 16.7 Å². The predicted molar refractivity (Wildman–Crippen MR) is 137 cm³/mol. The largest absolute Gasteiger partial charge is 0.393 e. The van der Waals surface area contributed by atoms with Gasteiger partial charge in [-0.05, 0) is 125 Å². The summed E-state index contributed by atoms with van der Waals surface area (Å²) in [6.07, 6.45) is 19.4. The molecule has 0 radical (unpaired) electrons. The Hall–Kier alpha value is -0.560. The second-order valence-corrected chi connectivity index (χ2v) is 13.1. The SMILES string of the molecule is CCCCC1C2CCC3=C(CC[C@]4(C)[C@@H]([C@H](C)CCC=C(C)C)CC[C@@H]34)[C@@]2(C)CC[C@@H]1O. The fraction of sp³-hybridized carbons (Fsp3) is 0.871. The van der Waals surface area contributed by atoms with Crippen molar-refractivity contribution >= 4 is 0 Å². The normalized spacial score (nSPS) is 42.2. The van der Waals surface area contributed by atoms with Crippen molar-refractivity contribution in [3.63, 3.8) is 0 Å². The first-order valence-electron chi connectivity index (χ1n) is 14.3. The number of aliphatic hydroxyl groups excluding tert-OH is 1. The quantitative estimate of drug-likeness (QED) is 0.392. The molecule has 1 N–H and O–H groups in total. The Bertz CT molecular complexity index is 727. The lowest BCUT2D eigenvalue weighted by atomic mass is 9.48. The highest BCUT2D eigenvalue weighted by atomic mass is 16.3. The number of fused-ring (bicyclic) bond motifs is 4. The van der Waals surface area contributed by atoms with E-state index < -0.39 is 0 Å². The molecule has 4 aliphatic carbocycles. The molecule has 0 aliphatic heterocycles. The van der Waals surface area contributed by atoms with E-state index in [1.165, 1.54) is 82.6 Å². The summed E-state index contributed by atoms with van der Waals surface area (Å²) in [6.45, 7) is 14.6. The zero-order chi connectivity index (χ0) is 23.1. The molecule has 1 heteroatoms. The van der Waals surface area contributed by atoms with Crippen molar-refractivity contribution in [2.75, 3.05) is 0 Å². The van der Waals surface area contributed by atoms with Gasteiger partial charge >= 0.3 is 0 Å². The van der Waals surface area contributed by atoms with Crippen molar-refractivity contribution in [3.8, 4) is 0 Å². The summed E-state index contributed by atoms with van der Waals surface area (Å²) in [5.41, 5.74) is 6.19. The Balaban J connectivity index is 1.55. The van der Waals surface area contributed by atoms with Crippen LogP contribution in [0, 0.1) is 40.4 Å². The highest BCUT2D eigenvalue weighted by molar-refractivity contribution is 5.35. The Morgan fingerprint density at radius 1 is 1.09 bits per heavy atom. The molecule has 1 nitrogen and oxygen atoms in total. The standard InChI is InChI=1S/C31H52O/c1-7-8-12-24-27-14-13-23-26-16-15-25(22(4)11-9-10-21(2)3)30(26,5)19-17-28(23)31(27,6)20-18-29(24)32/h10,22,24-27,29,32H,7-9,11-20H2,1-6H3/t22-,24?,25-,26+,27?,29+,30-,31+/m1/s1. The molecule has 0 saturated heterocycles. The molecular formula is C31H52O. The smallest absolute Gasteiger partial charge is 0.0571 e. The molecule has 0 aromatic rings. The third-order valence-corrected chi connectivity index (χ3v) is 11.1. The van der Waals surface area contributed by atoms with Gasteiger partial charge in [0.1, 0.15) is 0 Å². The zero-order valence-electron chi connectivity index (χ0n) is 22.2. The molecule has 32 heavy (non-hydrogen) atoms. The van der Waals surface area contributed by atoms with Gasteiger partial charge in [-0.2, -0.15) is 0 Å². The van der Waals surface area contributed by atoms with E-state index in [-0.39, 0.29) is 6.10 Å². The second kappa shape index (κ2) is 9.59. The lowest BCUT2D eigenvalue weighted by molar-refractivity contribution is -0.0455. The van der Waals surface area contributed by atoms with Crippen LogP contribution in [0.3, 0.4) is 0 Å². The highest BCUT2D eigenvalue weighted by Gasteiger charge is 2.57. The molecule has 182 valence electrons. The maximum Gasteiger partial charge on any atom is 0.0571 e. The first kappa shape index (κ1) is 24.6. The van der Waals surface area contributed by atoms with Gasteiger partial charge in [0.2, 0.25) is 0 Å². The summed E-state index contributed by atoms with van der Waals surface area (Å²) in [7, 11) is 0. The molecule has 2 saturated carbocycles. The van der Waals surface area contributed by atoms with E-state index in [2.05, 4.69) is 47.6 Å². The van der Waals surface area contributed by atoms with E-state index >= 15 is 0 Å². The predicted octanol–water partition coefficient (Wildman–Crippen LogP) is 8.87. The summed E-state index contributed by atoms with van der Waals surface area (Å²) >= 11 is 0. The molecule has 4 rings (SSSR count). The topological polar surface area (TPSA) is 20.2 Å². The summed E-state index contributed by atoms with van der Waals surface area (Å²) in [4.78, 5) is 0. The second-order valence-electron chi connectivity index (χ2n) is 13.1. The average molecular weight is 441 g/mol. The van der Waals surface area contributed by atoms with E-state index in [0.717, 1.165) is 30.1 Å². The number of hydrogen-bond acceptors (Lipinski definition) is 1. The van der Waals surface area contributed by atoms with Crippen molar-refractivity contribution < 1.29 is 5.11 Å². The van der Waals surface area contributed by atoms with Gasteiger partial charge in [0.15, 0.2) is 0 Å². The minimum absolute atomic E-state index is 0.0480. The van der Waals surface area contributed by atoms with Crippen molar-refractivity contribution in [2.45, 2.75) is 131 Å². The summed E-state index contributed by atoms with van der Waals surface area (Å²) in [6, 6.07) is 0. The van der Waals surface area contributed by atoms with E-state index in [1.807, 2.05) is 11.1 Å². The van der Waals surface area contributed by atoms with Crippen LogP contribution >= 0.6 is 0 Å². The van der Waals surface area contributed by atoms with E-state index in [1.54, 1.807) is 0 Å². The first-order valence-corrected chi connectivity index (χ1v) is 14.3. The molecule has 0 spiro atoms. The number of aliphatic hydroxyl groups is 1. The van der Waals surface area contributed by atoms with Crippen molar-refractivity contribution in [1.82, 2.24) is 0 Å². The maximum atomic E-state index is 10.9. The zero-order valence-corrected chi connectivity index (χ0v) is 22.2. The van der Waals surface area contributed by atoms with Crippen LogP contribution in [0.2, 0.25) is 0 Å². The average Bonchev–Trinajstić information content (AvgIpc) is 3.10. The third-order valence-electron chi connectivity index (χ3n) is 11.1. The molecule has 0 aromatic heterocycles. The number of allylic oxidation sites excluding steroid dienone is 4. The van der Waals surface area contributed by atoms with Crippen molar-refractivity contribution in [2.24, 2.45) is 40.4 Å². The fourth-order valence-corrected chi connectivity index (χ4v) is 9.35. The van der Waals surface area contributed by atoms with Crippen LogP contribution in [0.1, 0.15) is 125 Å². The van der Waals surface area contributed by atoms with Gasteiger partial charge in [0.05, 0.1) is 6.10 Å². The minimum atomic E-state index is -0.0480. The van der Waals surface area contributed by atoms with Gasteiger partial charge in [-0.25, -0.2) is 0 Å². The number of hydrogen-bond donors (Lipinski definition) is 1. The van der Waals surface area contributed by atoms with E-state index in [4.69, 9.17) is 0 Å². The van der Waals surface area contributed by atoms with Crippen LogP contribution in [-0.2, 0) is 0 Å². The number of rotatable bonds is 7. The van der Waals surface area contributed by atoms with Crippen molar-refractivity contribution in [1.29, 1.82) is 0 Å². The van der Waals surface area contributed by atoms with Crippen LogP contribution in [-0.4, -0.2) is 11.2 Å². The van der Waals surface area contributed by atoms with Crippen LogP contribution in [0.15, 0.2) is 22.8 Å². The lowest BCUT2D eigenvalue weighted by Gasteiger charge is -2.57. The van der Waals surface area contributed by atoms with Crippen LogP contribution in [0.25, 0.3) is 0 Å². The maximum absolute atomic E-state index is 10.9. The molecule has 2 fully saturated rings. The monoisotopic (exact) mass is 440 g/mol. The lowest BCUT2D eigenvalue weighted by Crippen LogP contribution is -2.49. The molecule has 8 atom stereocenters. The Labute approximate surface area is 199 Å². The van der Waals surface area contributed by atoms with Gasteiger partial charge < -0.3 is 5.11 Å². The van der Waals surface area contributed by atoms with Gasteiger partial charge in [0, 0.05) is 0 Å². The third kappa shape index (κ3) is 4.18. The Kier molecular flexibility index (Phi) is 7.36. The van der Waals surface area contributed by atoms with Gasteiger partial charge in [-0.15, -0.1) is 0 Å².